The van der Waals surface area contributed by atoms with E-state index in [0.29, 0.717) is 37.0 Å². The predicted molar refractivity (Wildman–Crippen MR) is 113 cm³/mol. The van der Waals surface area contributed by atoms with Crippen LogP contribution >= 0.6 is 0 Å². The molecule has 0 saturated heterocycles. The zero-order valence-corrected chi connectivity index (χ0v) is 16.5. The number of aromatic nitrogens is 2. The van der Waals surface area contributed by atoms with Crippen LogP contribution < -0.4 is 10.9 Å². The van der Waals surface area contributed by atoms with Crippen molar-refractivity contribution < 1.29 is 9.18 Å². The topological polar surface area (TPSA) is 55.5 Å². The van der Waals surface area contributed by atoms with E-state index in [4.69, 9.17) is 0 Å². The maximum atomic E-state index is 13.8. The van der Waals surface area contributed by atoms with E-state index in [0.717, 1.165) is 24.8 Å². The van der Waals surface area contributed by atoms with Gasteiger partial charge in [-0.1, -0.05) is 11.6 Å². The van der Waals surface area contributed by atoms with Gasteiger partial charge in [-0.15, -0.1) is 0 Å². The van der Waals surface area contributed by atoms with Crippen molar-refractivity contribution in [1.82, 2.24) is 14.3 Å². The molecular weight excluding hydrogens is 369 g/mol. The summed E-state index contributed by atoms with van der Waals surface area (Å²) in [5.74, 6) is -0.388. The second-order valence-electron chi connectivity index (χ2n) is 7.66. The van der Waals surface area contributed by atoms with Crippen molar-refractivity contribution in [3.8, 4) is 0 Å². The van der Waals surface area contributed by atoms with E-state index in [1.54, 1.807) is 33.4 Å². The van der Waals surface area contributed by atoms with Gasteiger partial charge < -0.3 is 14.3 Å². The van der Waals surface area contributed by atoms with E-state index in [1.165, 1.54) is 30.5 Å². The summed E-state index contributed by atoms with van der Waals surface area (Å²) in [6, 6.07) is 8.02. The molecule has 0 saturated carbocycles. The zero-order chi connectivity index (χ0) is 20.2. The molecule has 1 amide bonds. The third-order valence-corrected chi connectivity index (χ3v) is 5.64. The molecule has 1 aliphatic carbocycles. The standard InChI is InChI=1S/C23H26FN3O2/c24-18-10-11-19-21(16-18)27(23(29)20-8-4-14-26(19)20)15-5-9-22(28)25-13-12-17-6-2-1-3-7-17/h4,6,8,10-11,14,16H,1-3,5,7,9,12-13,15H2,(H,25,28). The number of fused-ring (bicyclic) bond motifs is 3. The Balaban J connectivity index is 1.40. The minimum absolute atomic E-state index is 0.00583. The van der Waals surface area contributed by atoms with Gasteiger partial charge in [-0.2, -0.15) is 0 Å². The second kappa shape index (κ2) is 8.64. The molecule has 3 aromatic rings. The fourth-order valence-corrected chi connectivity index (χ4v) is 4.13. The summed E-state index contributed by atoms with van der Waals surface area (Å²) >= 11 is 0. The molecule has 2 aromatic heterocycles. The number of allylic oxidation sites excluding steroid dienone is 1. The van der Waals surface area contributed by atoms with Crippen LogP contribution in [0.2, 0.25) is 0 Å². The molecule has 5 nitrogen and oxygen atoms in total. The highest BCUT2D eigenvalue weighted by molar-refractivity contribution is 5.79. The minimum Gasteiger partial charge on any atom is -0.356 e. The maximum absolute atomic E-state index is 13.8. The number of nitrogens with one attached hydrogen (secondary N) is 1. The lowest BCUT2D eigenvalue weighted by Crippen LogP contribution is -2.26. The average molecular weight is 395 g/mol. The summed E-state index contributed by atoms with van der Waals surface area (Å²) in [7, 11) is 0. The quantitative estimate of drug-likeness (QED) is 0.610. The predicted octanol–water partition coefficient (Wildman–Crippen LogP) is 4.18. The first-order valence-electron chi connectivity index (χ1n) is 10.4. The lowest BCUT2D eigenvalue weighted by molar-refractivity contribution is -0.121. The van der Waals surface area contributed by atoms with Crippen LogP contribution in [0.3, 0.4) is 0 Å². The van der Waals surface area contributed by atoms with Gasteiger partial charge in [0, 0.05) is 25.7 Å². The number of aryl methyl sites for hydroxylation is 1. The summed E-state index contributed by atoms with van der Waals surface area (Å²) in [5.41, 5.74) is 3.14. The molecule has 4 rings (SSSR count). The van der Waals surface area contributed by atoms with E-state index in [1.807, 2.05) is 0 Å². The van der Waals surface area contributed by atoms with E-state index in [-0.39, 0.29) is 17.3 Å². The maximum Gasteiger partial charge on any atom is 0.275 e. The molecule has 0 bridgehead atoms. The monoisotopic (exact) mass is 395 g/mol. The molecule has 6 heteroatoms. The van der Waals surface area contributed by atoms with Crippen molar-refractivity contribution >= 4 is 22.5 Å². The molecule has 2 heterocycles. The normalized spacial score (nSPS) is 14.3. The highest BCUT2D eigenvalue weighted by atomic mass is 19.1. The average Bonchev–Trinajstić information content (AvgIpc) is 3.21. The number of amides is 1. The van der Waals surface area contributed by atoms with Crippen molar-refractivity contribution in [3.05, 3.63) is 64.3 Å². The van der Waals surface area contributed by atoms with E-state index >= 15 is 0 Å². The van der Waals surface area contributed by atoms with Crippen LogP contribution in [0.1, 0.15) is 44.9 Å². The van der Waals surface area contributed by atoms with Gasteiger partial charge in [0.2, 0.25) is 5.91 Å². The van der Waals surface area contributed by atoms with E-state index in [2.05, 4.69) is 11.4 Å². The summed E-state index contributed by atoms with van der Waals surface area (Å²) in [4.78, 5) is 25.0. The smallest absolute Gasteiger partial charge is 0.275 e. The number of rotatable bonds is 7. The van der Waals surface area contributed by atoms with Gasteiger partial charge in [0.05, 0.1) is 11.0 Å². The molecule has 0 atom stereocenters. The number of carbonyl (C=O) groups excluding carboxylic acids is 1. The summed E-state index contributed by atoms with van der Waals surface area (Å²) in [6.07, 6.45) is 10.7. The van der Waals surface area contributed by atoms with Crippen LogP contribution in [0.15, 0.2) is 53.0 Å². The van der Waals surface area contributed by atoms with Crippen molar-refractivity contribution in [2.75, 3.05) is 6.54 Å². The molecule has 0 aliphatic heterocycles. The van der Waals surface area contributed by atoms with Crippen LogP contribution in [0, 0.1) is 5.82 Å². The van der Waals surface area contributed by atoms with Crippen LogP contribution in [0.5, 0.6) is 0 Å². The molecule has 29 heavy (non-hydrogen) atoms. The number of halogens is 1. The largest absolute Gasteiger partial charge is 0.356 e. The van der Waals surface area contributed by atoms with Crippen LogP contribution in [0.4, 0.5) is 4.39 Å². The van der Waals surface area contributed by atoms with E-state index in [9.17, 15) is 14.0 Å². The highest BCUT2D eigenvalue weighted by Crippen LogP contribution is 2.19. The van der Waals surface area contributed by atoms with Gasteiger partial charge in [-0.25, -0.2) is 4.39 Å². The first-order chi connectivity index (χ1) is 14.1. The summed E-state index contributed by atoms with van der Waals surface area (Å²) in [5, 5.41) is 2.97. The van der Waals surface area contributed by atoms with Crippen LogP contribution in [-0.2, 0) is 11.3 Å². The number of hydrogen-bond donors (Lipinski definition) is 1. The van der Waals surface area contributed by atoms with Gasteiger partial charge >= 0.3 is 0 Å². The number of nitrogens with zero attached hydrogens (tertiary/aromatic N) is 2. The molecule has 0 radical (unpaired) electrons. The molecule has 1 N–H and O–H groups in total. The third kappa shape index (κ3) is 4.26. The molecular formula is C23H26FN3O2. The van der Waals surface area contributed by atoms with Crippen LogP contribution in [-0.4, -0.2) is 21.4 Å². The van der Waals surface area contributed by atoms with Crippen molar-refractivity contribution in [2.45, 2.75) is 51.5 Å². The lowest BCUT2D eigenvalue weighted by atomic mass is 9.97. The number of benzene rings is 1. The Labute approximate surface area is 168 Å². The molecule has 0 fully saturated rings. The van der Waals surface area contributed by atoms with Gasteiger partial charge in [0.15, 0.2) is 0 Å². The Morgan fingerprint density at radius 3 is 2.86 bits per heavy atom. The lowest BCUT2D eigenvalue weighted by Gasteiger charge is -2.14. The Kier molecular flexibility index (Phi) is 5.79. The van der Waals surface area contributed by atoms with E-state index < -0.39 is 0 Å². The van der Waals surface area contributed by atoms with Gasteiger partial charge in [-0.05, 0) is 68.9 Å². The number of carbonyl (C=O) groups is 1. The molecule has 0 unspecified atom stereocenters. The molecule has 1 aliphatic rings. The minimum atomic E-state index is -0.382. The zero-order valence-electron chi connectivity index (χ0n) is 16.5. The SMILES string of the molecule is O=C(CCCn1c(=O)c2cccn2c2ccc(F)cc21)NCCC1=CCCCC1. The van der Waals surface area contributed by atoms with Gasteiger partial charge in [-0.3, -0.25) is 9.59 Å². The third-order valence-electron chi connectivity index (χ3n) is 5.64. The van der Waals surface area contributed by atoms with Crippen molar-refractivity contribution in [1.29, 1.82) is 0 Å². The Bertz CT molecular complexity index is 1130. The van der Waals surface area contributed by atoms with Crippen molar-refractivity contribution in [3.63, 3.8) is 0 Å². The molecule has 1 aromatic carbocycles. The first kappa shape index (κ1) is 19.4. The second-order valence-corrected chi connectivity index (χ2v) is 7.66. The fraction of sp³-hybridized carbons (Fsp3) is 0.391. The molecule has 0 spiro atoms. The fourth-order valence-electron chi connectivity index (χ4n) is 4.13. The van der Waals surface area contributed by atoms with Crippen LogP contribution in [0.25, 0.3) is 16.6 Å². The Hall–Kier alpha value is -2.89. The van der Waals surface area contributed by atoms with Gasteiger partial charge in [0.25, 0.3) is 5.56 Å². The Morgan fingerprint density at radius 1 is 1.14 bits per heavy atom. The highest BCUT2D eigenvalue weighted by Gasteiger charge is 2.12. The Morgan fingerprint density at radius 2 is 2.03 bits per heavy atom. The molecule has 152 valence electrons. The summed E-state index contributed by atoms with van der Waals surface area (Å²) < 4.78 is 17.2. The van der Waals surface area contributed by atoms with Gasteiger partial charge in [0.1, 0.15) is 11.3 Å². The number of hydrogen-bond acceptors (Lipinski definition) is 2. The summed E-state index contributed by atoms with van der Waals surface area (Å²) in [6.45, 7) is 1.04. The first-order valence-corrected chi connectivity index (χ1v) is 10.4. The van der Waals surface area contributed by atoms with Crippen molar-refractivity contribution in [2.24, 2.45) is 0 Å².